The number of hydrogen-bond donors (Lipinski definition) is 0. The summed E-state index contributed by atoms with van der Waals surface area (Å²) in [6.45, 7) is 7.36. The molecule has 0 amide bonds. The highest BCUT2D eigenvalue weighted by molar-refractivity contribution is 5.08. The molecular formula is C15H24O4. The fourth-order valence-electron chi connectivity index (χ4n) is 4.88. The summed E-state index contributed by atoms with van der Waals surface area (Å²) in [6.07, 6.45) is 4.24. The van der Waals surface area contributed by atoms with Gasteiger partial charge in [-0.05, 0) is 43.9 Å². The van der Waals surface area contributed by atoms with E-state index >= 15 is 0 Å². The van der Waals surface area contributed by atoms with Crippen LogP contribution >= 0.6 is 0 Å². The zero-order valence-corrected chi connectivity index (χ0v) is 12.1. The Hall–Kier alpha value is -0.160. The molecule has 4 nitrogen and oxygen atoms in total. The molecule has 19 heavy (non-hydrogen) atoms. The molecule has 1 saturated carbocycles. The molecule has 4 saturated heterocycles. The summed E-state index contributed by atoms with van der Waals surface area (Å²) in [6, 6.07) is 0. The maximum absolute atomic E-state index is 6.16. The van der Waals surface area contributed by atoms with E-state index in [0.717, 1.165) is 19.4 Å². The molecule has 5 rings (SSSR count). The minimum absolute atomic E-state index is 0.248. The van der Waals surface area contributed by atoms with Crippen molar-refractivity contribution < 1.29 is 19.2 Å². The maximum atomic E-state index is 6.16. The monoisotopic (exact) mass is 268 g/mol. The van der Waals surface area contributed by atoms with Gasteiger partial charge in [0.05, 0.1) is 6.61 Å². The molecule has 0 aromatic heterocycles. The normalized spacial score (nSPS) is 60.5. The van der Waals surface area contributed by atoms with Crippen LogP contribution in [0.15, 0.2) is 0 Å². The Balaban J connectivity index is 1.81. The molecule has 0 N–H and O–H groups in total. The van der Waals surface area contributed by atoms with Crippen molar-refractivity contribution in [3.05, 3.63) is 0 Å². The van der Waals surface area contributed by atoms with Crippen LogP contribution < -0.4 is 0 Å². The van der Waals surface area contributed by atoms with Crippen LogP contribution in [-0.2, 0) is 19.2 Å². The van der Waals surface area contributed by atoms with Crippen molar-refractivity contribution in [2.75, 3.05) is 6.61 Å². The van der Waals surface area contributed by atoms with E-state index in [1.54, 1.807) is 0 Å². The molecule has 0 aromatic carbocycles. The van der Waals surface area contributed by atoms with Gasteiger partial charge in [-0.3, -0.25) is 0 Å². The van der Waals surface area contributed by atoms with Gasteiger partial charge in [-0.1, -0.05) is 13.8 Å². The van der Waals surface area contributed by atoms with E-state index in [9.17, 15) is 0 Å². The summed E-state index contributed by atoms with van der Waals surface area (Å²) in [4.78, 5) is 11.7. The topological polar surface area (TPSA) is 36.9 Å². The van der Waals surface area contributed by atoms with Gasteiger partial charge in [0.15, 0.2) is 11.9 Å². The average Bonchev–Trinajstić information content (AvgIpc) is 2.61. The Kier molecular flexibility index (Phi) is 2.61. The molecule has 0 radical (unpaired) electrons. The van der Waals surface area contributed by atoms with E-state index in [1.165, 1.54) is 12.8 Å². The van der Waals surface area contributed by atoms with Crippen molar-refractivity contribution in [2.45, 2.75) is 64.1 Å². The first-order valence-corrected chi connectivity index (χ1v) is 7.71. The van der Waals surface area contributed by atoms with Gasteiger partial charge in [0, 0.05) is 12.3 Å². The van der Waals surface area contributed by atoms with E-state index in [2.05, 4.69) is 13.8 Å². The molecule has 4 aliphatic heterocycles. The van der Waals surface area contributed by atoms with Gasteiger partial charge in [0.1, 0.15) is 0 Å². The summed E-state index contributed by atoms with van der Waals surface area (Å²) in [5.74, 6) is 1.53. The molecule has 108 valence electrons. The minimum Gasteiger partial charge on any atom is -0.349 e. The van der Waals surface area contributed by atoms with E-state index in [1.807, 2.05) is 6.92 Å². The molecule has 1 spiro atoms. The van der Waals surface area contributed by atoms with Gasteiger partial charge in [0.2, 0.25) is 5.79 Å². The number of fused-ring (bicyclic) bond motifs is 2. The van der Waals surface area contributed by atoms with Crippen LogP contribution in [0.5, 0.6) is 0 Å². The van der Waals surface area contributed by atoms with E-state index in [0.29, 0.717) is 23.7 Å². The van der Waals surface area contributed by atoms with Crippen LogP contribution in [-0.4, -0.2) is 24.3 Å². The zero-order chi connectivity index (χ0) is 13.3. The van der Waals surface area contributed by atoms with Crippen molar-refractivity contribution in [3.63, 3.8) is 0 Å². The minimum atomic E-state index is -0.627. The first-order valence-electron chi connectivity index (χ1n) is 7.71. The summed E-state index contributed by atoms with van der Waals surface area (Å²) in [5.41, 5.74) is -0.370. The molecule has 3 unspecified atom stereocenters. The Bertz CT molecular complexity index is 386. The predicted molar refractivity (Wildman–Crippen MR) is 67.9 cm³/mol. The maximum Gasteiger partial charge on any atom is 0.201 e. The third-order valence-electron chi connectivity index (χ3n) is 5.97. The highest BCUT2D eigenvalue weighted by atomic mass is 17.3. The second-order valence-corrected chi connectivity index (χ2v) is 7.22. The highest BCUT2D eigenvalue weighted by Gasteiger charge is 2.67. The first kappa shape index (κ1) is 12.6. The van der Waals surface area contributed by atoms with Gasteiger partial charge >= 0.3 is 0 Å². The first-order chi connectivity index (χ1) is 9.05. The summed E-state index contributed by atoms with van der Waals surface area (Å²) >= 11 is 0. The van der Waals surface area contributed by atoms with Gasteiger partial charge in [-0.25, -0.2) is 9.78 Å². The second-order valence-electron chi connectivity index (χ2n) is 7.22. The molecular weight excluding hydrogens is 244 g/mol. The van der Waals surface area contributed by atoms with Crippen molar-refractivity contribution in [3.8, 4) is 0 Å². The second kappa shape index (κ2) is 3.94. The number of ether oxygens (including phenoxy) is 2. The summed E-state index contributed by atoms with van der Waals surface area (Å²) in [5, 5.41) is 0. The Labute approximate surface area is 114 Å². The molecule has 4 heterocycles. The van der Waals surface area contributed by atoms with Crippen molar-refractivity contribution >= 4 is 0 Å². The number of rotatable bonds is 0. The molecule has 2 bridgehead atoms. The van der Waals surface area contributed by atoms with Crippen LogP contribution in [0.25, 0.3) is 0 Å². The Morgan fingerprint density at radius 1 is 0.947 bits per heavy atom. The zero-order valence-electron chi connectivity index (χ0n) is 12.1. The molecule has 5 fully saturated rings. The number of hydrogen-bond acceptors (Lipinski definition) is 4. The lowest BCUT2D eigenvalue weighted by Gasteiger charge is -2.58. The third kappa shape index (κ3) is 1.54. The summed E-state index contributed by atoms with van der Waals surface area (Å²) in [7, 11) is 0. The molecule has 7 atom stereocenters. The largest absolute Gasteiger partial charge is 0.349 e. The van der Waals surface area contributed by atoms with E-state index in [4.69, 9.17) is 19.2 Å². The van der Waals surface area contributed by atoms with Crippen LogP contribution in [0.3, 0.4) is 0 Å². The Morgan fingerprint density at radius 3 is 2.58 bits per heavy atom. The smallest absolute Gasteiger partial charge is 0.201 e. The molecule has 5 aliphatic rings. The lowest BCUT2D eigenvalue weighted by molar-refractivity contribution is -0.566. The summed E-state index contributed by atoms with van der Waals surface area (Å²) < 4.78 is 12.2. The Morgan fingerprint density at radius 2 is 1.74 bits per heavy atom. The fourth-order valence-corrected chi connectivity index (χ4v) is 4.88. The molecule has 0 aromatic rings. The van der Waals surface area contributed by atoms with Crippen molar-refractivity contribution in [1.82, 2.24) is 0 Å². The van der Waals surface area contributed by atoms with Crippen LogP contribution in [0.2, 0.25) is 0 Å². The van der Waals surface area contributed by atoms with Crippen LogP contribution in [0.1, 0.15) is 46.5 Å². The van der Waals surface area contributed by atoms with Crippen LogP contribution in [0.4, 0.5) is 0 Å². The van der Waals surface area contributed by atoms with E-state index < -0.39 is 5.79 Å². The standard InChI is InChI=1S/C15H24O4/c1-9-4-5-11-10(2)8-16-13-15(11)12(9)6-7-14(3,17-13)18-19-15/h9-13H,4-8H2,1-3H3/t9-,10+,11?,12?,13-,14+,15?/m1/s1. The molecule has 4 heteroatoms. The van der Waals surface area contributed by atoms with Gasteiger partial charge in [-0.15, -0.1) is 0 Å². The highest BCUT2D eigenvalue weighted by Crippen LogP contribution is 2.59. The SMILES string of the molecule is C[C@@H]1CCC2[C@@H](C)CO[C@@H]3O[C@]4(C)CCC1C23OO4. The fraction of sp³-hybridized carbons (Fsp3) is 1.00. The lowest BCUT2D eigenvalue weighted by Crippen LogP contribution is -2.68. The third-order valence-corrected chi connectivity index (χ3v) is 5.97. The average molecular weight is 268 g/mol. The molecule has 1 aliphatic carbocycles. The van der Waals surface area contributed by atoms with Crippen LogP contribution in [0, 0.1) is 23.7 Å². The van der Waals surface area contributed by atoms with Crippen molar-refractivity contribution in [1.29, 1.82) is 0 Å². The quantitative estimate of drug-likeness (QED) is 0.633. The van der Waals surface area contributed by atoms with Crippen molar-refractivity contribution in [2.24, 2.45) is 23.7 Å². The lowest BCUT2D eigenvalue weighted by atomic mass is 9.58. The van der Waals surface area contributed by atoms with E-state index in [-0.39, 0.29) is 11.9 Å². The predicted octanol–water partition coefficient (Wildman–Crippen LogP) is 2.87. The van der Waals surface area contributed by atoms with Gasteiger partial charge in [0.25, 0.3) is 0 Å². The van der Waals surface area contributed by atoms with Gasteiger partial charge in [-0.2, -0.15) is 0 Å². The van der Waals surface area contributed by atoms with Gasteiger partial charge < -0.3 is 9.47 Å².